The van der Waals surface area contributed by atoms with E-state index in [4.69, 9.17) is 14.2 Å². The maximum atomic E-state index is 10.5. The Morgan fingerprint density at radius 1 is 1.13 bits per heavy atom. The summed E-state index contributed by atoms with van der Waals surface area (Å²) in [6.07, 6.45) is 2.88. The van der Waals surface area contributed by atoms with E-state index >= 15 is 0 Å². The van der Waals surface area contributed by atoms with Gasteiger partial charge in [-0.15, -0.1) is 0 Å². The fourth-order valence-electron chi connectivity index (χ4n) is 3.41. The topological polar surface area (TPSA) is 79.3 Å². The number of piperazine rings is 1. The molecule has 1 aromatic heterocycles. The fourth-order valence-corrected chi connectivity index (χ4v) is 3.41. The summed E-state index contributed by atoms with van der Waals surface area (Å²) in [6, 6.07) is 9.50. The van der Waals surface area contributed by atoms with E-state index in [1.54, 1.807) is 19.5 Å². The van der Waals surface area contributed by atoms with Gasteiger partial charge in [-0.3, -0.25) is 9.88 Å². The van der Waals surface area contributed by atoms with Gasteiger partial charge in [-0.25, -0.2) is 0 Å². The van der Waals surface area contributed by atoms with Gasteiger partial charge in [-0.2, -0.15) is 0 Å². The first-order valence-electron chi connectivity index (χ1n) is 10.8. The fraction of sp³-hybridized carbons (Fsp3) is 0.522. The smallest absolute Gasteiger partial charge is 0.137 e. The lowest BCUT2D eigenvalue weighted by molar-refractivity contribution is 0.0501. The standard InChI is InChI=1S/C23H34N4O4/c1-26-9-11-27(12-10-26)17-20(28)18-31-23-14-21(29-2)6-5-19(23)15-25-8-13-30-22-4-3-7-24-16-22/h3-7,14,16,20,25,28H,8-13,15,17-18H2,1-2H3/t20-/m0/s1. The van der Waals surface area contributed by atoms with Crippen LogP contribution in [0.15, 0.2) is 42.7 Å². The van der Waals surface area contributed by atoms with Crippen molar-refractivity contribution < 1.29 is 19.3 Å². The van der Waals surface area contributed by atoms with Crippen molar-refractivity contribution in [2.45, 2.75) is 12.6 Å². The summed E-state index contributed by atoms with van der Waals surface area (Å²) in [4.78, 5) is 8.62. The highest BCUT2D eigenvalue weighted by molar-refractivity contribution is 5.40. The minimum Gasteiger partial charge on any atom is -0.497 e. The van der Waals surface area contributed by atoms with Crippen LogP contribution in [0.3, 0.4) is 0 Å². The quantitative estimate of drug-likeness (QED) is 0.487. The number of aliphatic hydroxyl groups excluding tert-OH is 1. The van der Waals surface area contributed by atoms with E-state index in [9.17, 15) is 5.11 Å². The molecule has 1 aromatic carbocycles. The van der Waals surface area contributed by atoms with E-state index < -0.39 is 6.10 Å². The van der Waals surface area contributed by atoms with Crippen LogP contribution in [0.4, 0.5) is 0 Å². The molecule has 170 valence electrons. The number of aromatic nitrogens is 1. The first kappa shape index (κ1) is 23.3. The summed E-state index contributed by atoms with van der Waals surface area (Å²) in [6.45, 7) is 6.74. The second-order valence-electron chi connectivity index (χ2n) is 7.76. The van der Waals surface area contributed by atoms with Crippen LogP contribution >= 0.6 is 0 Å². The number of aliphatic hydroxyl groups is 1. The molecule has 0 amide bonds. The zero-order chi connectivity index (χ0) is 21.9. The van der Waals surface area contributed by atoms with Gasteiger partial charge in [0.2, 0.25) is 0 Å². The molecule has 0 spiro atoms. The van der Waals surface area contributed by atoms with Crippen LogP contribution in [0.5, 0.6) is 17.2 Å². The number of methoxy groups -OCH3 is 1. The Morgan fingerprint density at radius 2 is 1.97 bits per heavy atom. The third-order valence-corrected chi connectivity index (χ3v) is 5.27. The molecule has 2 heterocycles. The molecule has 0 bridgehead atoms. The SMILES string of the molecule is COc1ccc(CNCCOc2cccnc2)c(OC[C@@H](O)CN2CCN(C)CC2)c1. The van der Waals surface area contributed by atoms with Gasteiger partial charge in [0.1, 0.15) is 36.6 Å². The number of nitrogens with one attached hydrogen (secondary N) is 1. The van der Waals surface area contributed by atoms with Crippen LogP contribution in [0.2, 0.25) is 0 Å². The maximum Gasteiger partial charge on any atom is 0.137 e. The molecule has 31 heavy (non-hydrogen) atoms. The average molecular weight is 431 g/mol. The van der Waals surface area contributed by atoms with Crippen molar-refractivity contribution >= 4 is 0 Å². The van der Waals surface area contributed by atoms with Crippen molar-refractivity contribution in [2.24, 2.45) is 0 Å². The third-order valence-electron chi connectivity index (χ3n) is 5.27. The Labute approximate surface area is 184 Å². The van der Waals surface area contributed by atoms with E-state index in [-0.39, 0.29) is 6.61 Å². The Morgan fingerprint density at radius 3 is 2.71 bits per heavy atom. The zero-order valence-electron chi connectivity index (χ0n) is 18.5. The molecule has 8 heteroatoms. The van der Waals surface area contributed by atoms with Gasteiger partial charge in [0.25, 0.3) is 0 Å². The van der Waals surface area contributed by atoms with Gasteiger partial charge in [0.05, 0.1) is 13.3 Å². The summed E-state index contributed by atoms with van der Waals surface area (Å²) in [5.41, 5.74) is 1.01. The highest BCUT2D eigenvalue weighted by Crippen LogP contribution is 2.25. The molecule has 2 N–H and O–H groups in total. The molecule has 0 saturated carbocycles. The summed E-state index contributed by atoms with van der Waals surface area (Å²) in [5.74, 6) is 2.21. The van der Waals surface area contributed by atoms with Gasteiger partial charge >= 0.3 is 0 Å². The van der Waals surface area contributed by atoms with Gasteiger partial charge in [0, 0.05) is 63.6 Å². The largest absolute Gasteiger partial charge is 0.497 e. The number of β-amino-alcohol motifs (C(OH)–C–C–N with tert-alkyl or cyclic N) is 1. The molecule has 1 fully saturated rings. The van der Waals surface area contributed by atoms with Crippen molar-refractivity contribution in [3.05, 3.63) is 48.3 Å². The van der Waals surface area contributed by atoms with Gasteiger partial charge in [-0.1, -0.05) is 6.07 Å². The molecule has 1 saturated heterocycles. The monoisotopic (exact) mass is 430 g/mol. The van der Waals surface area contributed by atoms with Crippen LogP contribution in [0, 0.1) is 0 Å². The highest BCUT2D eigenvalue weighted by Gasteiger charge is 2.18. The first-order chi connectivity index (χ1) is 15.1. The highest BCUT2D eigenvalue weighted by atomic mass is 16.5. The Balaban J connectivity index is 1.45. The van der Waals surface area contributed by atoms with Crippen molar-refractivity contribution in [3.8, 4) is 17.2 Å². The van der Waals surface area contributed by atoms with E-state index in [0.717, 1.165) is 49.0 Å². The number of pyridine rings is 1. The normalized spacial score (nSPS) is 16.1. The number of hydrogen-bond acceptors (Lipinski definition) is 8. The second-order valence-corrected chi connectivity index (χ2v) is 7.76. The summed E-state index contributed by atoms with van der Waals surface area (Å²) >= 11 is 0. The Bertz CT molecular complexity index is 769. The van der Waals surface area contributed by atoms with E-state index in [1.807, 2.05) is 30.3 Å². The number of nitrogens with zero attached hydrogens (tertiary/aromatic N) is 3. The second kappa shape index (κ2) is 12.5. The molecule has 1 atom stereocenters. The molecule has 0 unspecified atom stereocenters. The Kier molecular flexibility index (Phi) is 9.36. The van der Waals surface area contributed by atoms with Crippen LogP contribution in [0.1, 0.15) is 5.56 Å². The lowest BCUT2D eigenvalue weighted by Crippen LogP contribution is -2.47. The third kappa shape index (κ3) is 7.99. The van der Waals surface area contributed by atoms with Crippen molar-refractivity contribution in [3.63, 3.8) is 0 Å². The molecule has 0 aliphatic carbocycles. The average Bonchev–Trinajstić information content (AvgIpc) is 2.80. The molecule has 1 aliphatic rings. The number of benzene rings is 1. The lowest BCUT2D eigenvalue weighted by Gasteiger charge is -2.33. The van der Waals surface area contributed by atoms with Gasteiger partial charge < -0.3 is 29.5 Å². The molecule has 8 nitrogen and oxygen atoms in total. The predicted octanol–water partition coefficient (Wildman–Crippen LogP) is 1.25. The number of hydrogen-bond donors (Lipinski definition) is 2. The van der Waals surface area contributed by atoms with E-state index in [2.05, 4.69) is 27.1 Å². The zero-order valence-corrected chi connectivity index (χ0v) is 18.5. The maximum absolute atomic E-state index is 10.5. The minimum atomic E-state index is -0.539. The van der Waals surface area contributed by atoms with Crippen molar-refractivity contribution in [1.29, 1.82) is 0 Å². The summed E-state index contributed by atoms with van der Waals surface area (Å²) in [5, 5.41) is 13.8. The summed E-state index contributed by atoms with van der Waals surface area (Å²) in [7, 11) is 3.76. The molecule has 0 radical (unpaired) electrons. The number of likely N-dealkylation sites (N-methyl/N-ethyl adjacent to an activating group) is 1. The van der Waals surface area contributed by atoms with Crippen LogP contribution in [0.25, 0.3) is 0 Å². The molecule has 1 aliphatic heterocycles. The van der Waals surface area contributed by atoms with Crippen molar-refractivity contribution in [1.82, 2.24) is 20.1 Å². The number of ether oxygens (including phenoxy) is 3. The predicted molar refractivity (Wildman–Crippen MR) is 120 cm³/mol. The molecule has 2 aromatic rings. The van der Waals surface area contributed by atoms with Crippen molar-refractivity contribution in [2.75, 3.05) is 66.6 Å². The first-order valence-corrected chi connectivity index (χ1v) is 10.8. The van der Waals surface area contributed by atoms with Gasteiger partial charge in [0.15, 0.2) is 0 Å². The van der Waals surface area contributed by atoms with E-state index in [1.165, 1.54) is 0 Å². The molecule has 3 rings (SSSR count). The molecular weight excluding hydrogens is 396 g/mol. The Hall–Kier alpha value is -2.39. The lowest BCUT2D eigenvalue weighted by atomic mass is 10.2. The van der Waals surface area contributed by atoms with Crippen LogP contribution in [-0.2, 0) is 6.54 Å². The molecular formula is C23H34N4O4. The number of rotatable bonds is 12. The minimum absolute atomic E-state index is 0.247. The van der Waals surface area contributed by atoms with E-state index in [0.29, 0.717) is 26.2 Å². The van der Waals surface area contributed by atoms with Crippen LogP contribution < -0.4 is 19.5 Å². The summed E-state index contributed by atoms with van der Waals surface area (Å²) < 4.78 is 17.0. The van der Waals surface area contributed by atoms with Crippen LogP contribution in [-0.4, -0.2) is 92.6 Å². The van der Waals surface area contributed by atoms with Gasteiger partial charge in [-0.05, 0) is 25.2 Å².